The Kier molecular flexibility index (Phi) is 7.50. The molecule has 0 radical (unpaired) electrons. The maximum Gasteiger partial charge on any atom is 0.164 e. The summed E-state index contributed by atoms with van der Waals surface area (Å²) < 4.78 is 0. The number of rotatable bonds is 6. The Bertz CT molecular complexity index is 2320. The number of benzene rings is 6. The molecule has 0 aliphatic heterocycles. The summed E-state index contributed by atoms with van der Waals surface area (Å²) in [7, 11) is -1.43. The number of fused-ring (bicyclic) bond motifs is 3. The highest BCUT2D eigenvalue weighted by molar-refractivity contribution is 6.88. The lowest BCUT2D eigenvalue weighted by atomic mass is 9.81. The van der Waals surface area contributed by atoms with Gasteiger partial charge < -0.3 is 0 Å². The van der Waals surface area contributed by atoms with E-state index in [0.29, 0.717) is 17.5 Å². The predicted octanol–water partition coefficient (Wildman–Crippen LogP) is 11.1. The highest BCUT2D eigenvalue weighted by atomic mass is 28.3. The molecule has 7 aromatic rings. The highest BCUT2D eigenvalue weighted by Gasteiger charge is 2.36. The van der Waals surface area contributed by atoms with Crippen LogP contribution >= 0.6 is 0 Å². The van der Waals surface area contributed by atoms with Gasteiger partial charge in [-0.25, -0.2) is 15.0 Å². The largest absolute Gasteiger partial charge is 0.208 e. The first kappa shape index (κ1) is 30.9. The predicted molar refractivity (Wildman–Crippen MR) is 208 cm³/mol. The van der Waals surface area contributed by atoms with Crippen molar-refractivity contribution < 1.29 is 0 Å². The van der Waals surface area contributed by atoms with Gasteiger partial charge in [-0.1, -0.05) is 172 Å². The third-order valence-corrected chi connectivity index (χ3v) is 12.0. The average Bonchev–Trinajstić information content (AvgIpc) is 3.37. The summed E-state index contributed by atoms with van der Waals surface area (Å²) in [6, 6.07) is 51.8. The van der Waals surface area contributed by atoms with Gasteiger partial charge in [0.2, 0.25) is 0 Å². The maximum absolute atomic E-state index is 5.05. The van der Waals surface area contributed by atoms with Gasteiger partial charge in [0, 0.05) is 22.1 Å². The summed E-state index contributed by atoms with van der Waals surface area (Å²) in [6.45, 7) is 12.0. The molecule has 3 nitrogen and oxygen atoms in total. The second kappa shape index (κ2) is 11.9. The van der Waals surface area contributed by atoms with E-state index in [9.17, 15) is 0 Å². The molecule has 1 heterocycles. The van der Waals surface area contributed by atoms with Crippen LogP contribution in [0.4, 0.5) is 0 Å². The van der Waals surface area contributed by atoms with Gasteiger partial charge in [0.25, 0.3) is 0 Å². The molecule has 0 saturated heterocycles. The summed E-state index contributed by atoms with van der Waals surface area (Å²) in [5.41, 5.74) is 13.0. The van der Waals surface area contributed by atoms with Crippen molar-refractivity contribution in [3.8, 4) is 67.5 Å². The van der Waals surface area contributed by atoms with Gasteiger partial charge in [0.1, 0.15) is 0 Å². The van der Waals surface area contributed by atoms with Crippen molar-refractivity contribution in [2.24, 2.45) is 0 Å². The molecule has 0 fully saturated rings. The summed E-state index contributed by atoms with van der Waals surface area (Å²) in [6.07, 6.45) is 0. The molecule has 0 amide bonds. The zero-order valence-electron chi connectivity index (χ0n) is 28.7. The molecule has 4 heteroatoms. The van der Waals surface area contributed by atoms with Crippen LogP contribution in [0, 0.1) is 0 Å². The lowest BCUT2D eigenvalue weighted by molar-refractivity contribution is 0.661. The van der Waals surface area contributed by atoms with Crippen molar-refractivity contribution in [3.05, 3.63) is 157 Å². The van der Waals surface area contributed by atoms with Crippen LogP contribution in [0.5, 0.6) is 0 Å². The Morgan fingerprint density at radius 1 is 0.388 bits per heavy atom. The van der Waals surface area contributed by atoms with E-state index >= 15 is 0 Å². The minimum absolute atomic E-state index is 0.0717. The number of hydrogen-bond donors (Lipinski definition) is 0. The Morgan fingerprint density at radius 3 is 1.45 bits per heavy atom. The van der Waals surface area contributed by atoms with Crippen LogP contribution in [0.15, 0.2) is 146 Å². The fourth-order valence-electron chi connectivity index (χ4n) is 7.01. The molecule has 0 saturated carbocycles. The fourth-order valence-corrected chi connectivity index (χ4v) is 8.17. The summed E-state index contributed by atoms with van der Waals surface area (Å²) >= 11 is 0. The number of aromatic nitrogens is 3. The van der Waals surface area contributed by atoms with Gasteiger partial charge in [-0.05, 0) is 56.6 Å². The van der Waals surface area contributed by atoms with E-state index in [-0.39, 0.29) is 5.41 Å². The van der Waals surface area contributed by atoms with E-state index in [1.807, 2.05) is 24.3 Å². The third-order valence-electron chi connectivity index (χ3n) is 9.91. The smallest absolute Gasteiger partial charge is 0.164 e. The quantitative estimate of drug-likeness (QED) is 0.168. The van der Waals surface area contributed by atoms with Gasteiger partial charge in [-0.2, -0.15) is 0 Å². The number of nitrogens with zero attached hydrogens (tertiary/aromatic N) is 3. The summed E-state index contributed by atoms with van der Waals surface area (Å²) in [5, 5.41) is 1.51. The van der Waals surface area contributed by atoms with E-state index in [1.165, 1.54) is 38.6 Å². The second-order valence-electron chi connectivity index (χ2n) is 14.6. The Labute approximate surface area is 290 Å². The van der Waals surface area contributed by atoms with Gasteiger partial charge in [-0.15, -0.1) is 0 Å². The van der Waals surface area contributed by atoms with E-state index in [0.717, 1.165) is 27.8 Å². The van der Waals surface area contributed by atoms with Crippen LogP contribution in [-0.4, -0.2) is 23.0 Å². The van der Waals surface area contributed by atoms with Crippen molar-refractivity contribution in [1.29, 1.82) is 0 Å². The average molecular weight is 650 g/mol. The number of hydrogen-bond acceptors (Lipinski definition) is 3. The fraction of sp³-hybridized carbons (Fsp3) is 0.133. The molecular weight excluding hydrogens is 611 g/mol. The minimum Gasteiger partial charge on any atom is -0.208 e. The van der Waals surface area contributed by atoms with Gasteiger partial charge in [0.05, 0.1) is 8.07 Å². The van der Waals surface area contributed by atoms with E-state index < -0.39 is 8.07 Å². The molecule has 1 aliphatic rings. The standard InChI is InChI=1S/C45H39N3Si/c1-45(2)40-28-35(23-25-38(40)39-26-24-37(29-41(39)45)49(3,4)5)34-17-12-18-36(27-34)44-47-42(32-15-10-7-11-16-32)46-43(48-44)33-21-19-31(20-22-33)30-13-8-6-9-14-30/h6-29H,1-5H3. The van der Waals surface area contributed by atoms with Crippen molar-refractivity contribution in [2.75, 3.05) is 0 Å². The molecule has 0 spiro atoms. The highest BCUT2D eigenvalue weighted by Crippen LogP contribution is 2.49. The molecule has 0 N–H and O–H groups in total. The molecule has 1 aromatic heterocycles. The SMILES string of the molecule is CC1(C)c2cc(-c3cccc(-c4nc(-c5ccccc5)nc(-c5ccc(-c6ccccc6)cc5)n4)c3)ccc2-c2ccc([Si](C)(C)C)cc21. The van der Waals surface area contributed by atoms with Crippen LogP contribution in [-0.2, 0) is 5.41 Å². The van der Waals surface area contributed by atoms with Crippen LogP contribution in [0.2, 0.25) is 19.6 Å². The Morgan fingerprint density at radius 2 is 0.816 bits per heavy atom. The molecule has 6 aromatic carbocycles. The van der Waals surface area contributed by atoms with Crippen molar-refractivity contribution in [3.63, 3.8) is 0 Å². The van der Waals surface area contributed by atoms with Crippen LogP contribution < -0.4 is 5.19 Å². The van der Waals surface area contributed by atoms with Crippen LogP contribution in [0.25, 0.3) is 67.5 Å². The summed E-state index contributed by atoms with van der Waals surface area (Å²) in [4.78, 5) is 15.0. The molecule has 49 heavy (non-hydrogen) atoms. The van der Waals surface area contributed by atoms with Crippen LogP contribution in [0.3, 0.4) is 0 Å². The third kappa shape index (κ3) is 5.72. The topological polar surface area (TPSA) is 38.7 Å². The van der Waals surface area contributed by atoms with Gasteiger partial charge in [0.15, 0.2) is 17.5 Å². The van der Waals surface area contributed by atoms with E-state index in [2.05, 4.69) is 155 Å². The summed E-state index contributed by atoms with van der Waals surface area (Å²) in [5.74, 6) is 1.97. The van der Waals surface area contributed by atoms with Crippen molar-refractivity contribution in [2.45, 2.75) is 38.9 Å². The second-order valence-corrected chi connectivity index (χ2v) is 19.7. The zero-order chi connectivity index (χ0) is 33.8. The Balaban J connectivity index is 1.19. The maximum atomic E-state index is 5.05. The first-order chi connectivity index (χ1) is 23.6. The molecule has 8 rings (SSSR count). The van der Waals surface area contributed by atoms with Crippen molar-refractivity contribution >= 4 is 13.3 Å². The van der Waals surface area contributed by atoms with Gasteiger partial charge >= 0.3 is 0 Å². The monoisotopic (exact) mass is 649 g/mol. The Hall–Kier alpha value is -5.45. The molecule has 0 bridgehead atoms. The molecular formula is C45H39N3Si. The molecule has 0 unspecified atom stereocenters. The van der Waals surface area contributed by atoms with Crippen molar-refractivity contribution in [1.82, 2.24) is 15.0 Å². The minimum atomic E-state index is -1.43. The zero-order valence-corrected chi connectivity index (χ0v) is 29.7. The lowest BCUT2D eigenvalue weighted by Gasteiger charge is -2.24. The first-order valence-corrected chi connectivity index (χ1v) is 20.5. The lowest BCUT2D eigenvalue weighted by Crippen LogP contribution is -2.38. The van der Waals surface area contributed by atoms with E-state index in [4.69, 9.17) is 15.0 Å². The van der Waals surface area contributed by atoms with Crippen LogP contribution in [0.1, 0.15) is 25.0 Å². The molecule has 1 aliphatic carbocycles. The normalized spacial score (nSPS) is 13.2. The first-order valence-electron chi connectivity index (χ1n) is 17.0. The van der Waals surface area contributed by atoms with E-state index in [1.54, 1.807) is 0 Å². The van der Waals surface area contributed by atoms with Gasteiger partial charge in [-0.3, -0.25) is 0 Å². The molecule has 0 atom stereocenters. The molecule has 238 valence electrons.